The van der Waals surface area contributed by atoms with E-state index in [-0.39, 0.29) is 12.0 Å². The summed E-state index contributed by atoms with van der Waals surface area (Å²) in [6.45, 7) is 0. The third-order valence-corrected chi connectivity index (χ3v) is 5.12. The molecule has 6 heteroatoms. The molecule has 0 unspecified atom stereocenters. The Morgan fingerprint density at radius 1 is 0.867 bits per heavy atom. The number of nitrogens with one attached hydrogen (secondary N) is 1. The molecule has 1 atom stereocenters. The summed E-state index contributed by atoms with van der Waals surface area (Å²) in [5, 5.41) is 6.35. The average molecular weight is 404 g/mol. The van der Waals surface area contributed by atoms with Gasteiger partial charge in [-0.2, -0.15) is 0 Å². The van der Waals surface area contributed by atoms with Gasteiger partial charge in [0, 0.05) is 12.5 Å². The van der Waals surface area contributed by atoms with Gasteiger partial charge in [-0.25, -0.2) is 8.78 Å². The van der Waals surface area contributed by atoms with Crippen molar-refractivity contribution in [3.63, 3.8) is 0 Å². The van der Waals surface area contributed by atoms with Crippen molar-refractivity contribution < 1.29 is 18.4 Å². The van der Waals surface area contributed by atoms with Crippen LogP contribution in [-0.2, 0) is 11.2 Å². The second kappa shape index (κ2) is 7.91. The van der Waals surface area contributed by atoms with Gasteiger partial charge in [0.25, 0.3) is 5.91 Å². The van der Waals surface area contributed by atoms with Gasteiger partial charge in [0.2, 0.25) is 5.91 Å². The number of carbonyl (C=O) groups is 2. The van der Waals surface area contributed by atoms with Crippen LogP contribution in [-0.4, -0.2) is 17.9 Å². The first-order valence-electron chi connectivity index (χ1n) is 9.38. The summed E-state index contributed by atoms with van der Waals surface area (Å²) < 4.78 is 27.1. The van der Waals surface area contributed by atoms with Crippen LogP contribution in [0.25, 0.3) is 21.5 Å². The zero-order valence-corrected chi connectivity index (χ0v) is 15.9. The molecule has 30 heavy (non-hydrogen) atoms. The van der Waals surface area contributed by atoms with E-state index in [9.17, 15) is 18.4 Å². The number of halogens is 2. The number of benzene rings is 4. The minimum absolute atomic E-state index is 0.131. The summed E-state index contributed by atoms with van der Waals surface area (Å²) in [7, 11) is 0. The Hall–Kier alpha value is -3.80. The lowest BCUT2D eigenvalue weighted by Gasteiger charge is -2.19. The molecule has 0 aromatic heterocycles. The fourth-order valence-electron chi connectivity index (χ4n) is 3.66. The number of amides is 2. The molecule has 2 amide bonds. The quantitative estimate of drug-likeness (QED) is 0.492. The smallest absolute Gasteiger partial charge is 0.254 e. The summed E-state index contributed by atoms with van der Waals surface area (Å²) in [4.78, 5) is 24.7. The SMILES string of the molecule is NC(=O)[C@H](Cc1c2ccccc2cc2ccccc12)NC(=O)c1ccc(F)cc1F. The maximum Gasteiger partial charge on any atom is 0.254 e. The summed E-state index contributed by atoms with van der Waals surface area (Å²) >= 11 is 0. The Morgan fingerprint density at radius 2 is 1.47 bits per heavy atom. The molecule has 4 aromatic carbocycles. The van der Waals surface area contributed by atoms with E-state index in [4.69, 9.17) is 5.73 Å². The number of primary amides is 1. The van der Waals surface area contributed by atoms with Crippen LogP contribution in [0, 0.1) is 11.6 Å². The second-order valence-corrected chi connectivity index (χ2v) is 7.05. The Morgan fingerprint density at radius 3 is 2.03 bits per heavy atom. The van der Waals surface area contributed by atoms with Gasteiger partial charge in [0.1, 0.15) is 17.7 Å². The first kappa shape index (κ1) is 19.5. The molecular formula is C24H18F2N2O2. The molecule has 0 fully saturated rings. The van der Waals surface area contributed by atoms with Crippen LogP contribution in [0.1, 0.15) is 15.9 Å². The van der Waals surface area contributed by atoms with Crippen LogP contribution in [0.5, 0.6) is 0 Å². The molecule has 4 rings (SSSR count). The van der Waals surface area contributed by atoms with Crippen LogP contribution < -0.4 is 11.1 Å². The molecular weight excluding hydrogens is 386 g/mol. The zero-order chi connectivity index (χ0) is 21.3. The number of hydrogen-bond acceptors (Lipinski definition) is 2. The first-order valence-corrected chi connectivity index (χ1v) is 9.38. The third-order valence-electron chi connectivity index (χ3n) is 5.12. The molecule has 0 bridgehead atoms. The third kappa shape index (κ3) is 3.72. The van der Waals surface area contributed by atoms with Crippen LogP contribution in [0.2, 0.25) is 0 Å². The maximum atomic E-state index is 14.0. The van der Waals surface area contributed by atoms with Gasteiger partial charge in [0.15, 0.2) is 0 Å². The van der Waals surface area contributed by atoms with Gasteiger partial charge in [-0.1, -0.05) is 48.5 Å². The van der Waals surface area contributed by atoms with E-state index in [1.807, 2.05) is 48.5 Å². The highest BCUT2D eigenvalue weighted by Gasteiger charge is 2.23. The van der Waals surface area contributed by atoms with Gasteiger partial charge in [-0.15, -0.1) is 0 Å². The molecule has 4 aromatic rings. The predicted octanol–water partition coefficient (Wildman–Crippen LogP) is 4.10. The van der Waals surface area contributed by atoms with Gasteiger partial charge in [-0.3, -0.25) is 9.59 Å². The van der Waals surface area contributed by atoms with E-state index in [1.165, 1.54) is 0 Å². The Kier molecular flexibility index (Phi) is 5.14. The van der Waals surface area contributed by atoms with Crippen LogP contribution in [0.15, 0.2) is 72.8 Å². The standard InChI is InChI=1S/C24H18F2N2O2/c25-16-9-10-19(21(26)12-16)24(30)28-22(23(27)29)13-20-17-7-3-1-5-14(17)11-15-6-2-4-8-18(15)20/h1-12,22H,13H2,(H2,27,29)(H,28,30)/t22-/m0/s1. The number of carbonyl (C=O) groups excluding carboxylic acids is 2. The summed E-state index contributed by atoms with van der Waals surface area (Å²) in [6, 6.07) is 19.1. The summed E-state index contributed by atoms with van der Waals surface area (Å²) in [5.41, 5.74) is 6.05. The highest BCUT2D eigenvalue weighted by molar-refractivity contribution is 6.03. The van der Waals surface area contributed by atoms with Crippen LogP contribution in [0.3, 0.4) is 0 Å². The van der Waals surface area contributed by atoms with E-state index in [2.05, 4.69) is 11.4 Å². The Balaban J connectivity index is 1.74. The number of nitrogens with two attached hydrogens (primary N) is 1. The van der Waals surface area contributed by atoms with Crippen molar-refractivity contribution in [1.82, 2.24) is 5.32 Å². The second-order valence-electron chi connectivity index (χ2n) is 7.05. The lowest BCUT2D eigenvalue weighted by Crippen LogP contribution is -2.46. The van der Waals surface area contributed by atoms with Gasteiger partial charge in [-0.05, 0) is 45.3 Å². The van der Waals surface area contributed by atoms with Crippen molar-refractivity contribution in [2.45, 2.75) is 12.5 Å². The van der Waals surface area contributed by atoms with E-state index < -0.39 is 29.5 Å². The maximum absolute atomic E-state index is 14.0. The highest BCUT2D eigenvalue weighted by Crippen LogP contribution is 2.29. The monoisotopic (exact) mass is 404 g/mol. The van der Waals surface area contributed by atoms with Crippen molar-refractivity contribution in [3.05, 3.63) is 95.6 Å². The van der Waals surface area contributed by atoms with Gasteiger partial charge >= 0.3 is 0 Å². The molecule has 150 valence electrons. The van der Waals surface area contributed by atoms with Gasteiger partial charge < -0.3 is 11.1 Å². The molecule has 0 saturated carbocycles. The van der Waals surface area contributed by atoms with Crippen molar-refractivity contribution >= 4 is 33.4 Å². The largest absolute Gasteiger partial charge is 0.368 e. The van der Waals surface area contributed by atoms with Gasteiger partial charge in [0.05, 0.1) is 5.56 Å². The number of fused-ring (bicyclic) bond motifs is 2. The highest BCUT2D eigenvalue weighted by atomic mass is 19.1. The zero-order valence-electron chi connectivity index (χ0n) is 15.9. The van der Waals surface area contributed by atoms with E-state index >= 15 is 0 Å². The molecule has 0 aliphatic heterocycles. The molecule has 0 spiro atoms. The van der Waals surface area contributed by atoms with Crippen LogP contribution in [0.4, 0.5) is 8.78 Å². The van der Waals surface area contributed by atoms with Crippen LogP contribution >= 0.6 is 0 Å². The topological polar surface area (TPSA) is 72.2 Å². The lowest BCUT2D eigenvalue weighted by atomic mass is 9.92. The lowest BCUT2D eigenvalue weighted by molar-refractivity contribution is -0.119. The van der Waals surface area contributed by atoms with Crippen molar-refractivity contribution in [2.75, 3.05) is 0 Å². The summed E-state index contributed by atoms with van der Waals surface area (Å²) in [6.07, 6.45) is 0.131. The molecule has 0 radical (unpaired) electrons. The molecule has 0 heterocycles. The normalized spacial score (nSPS) is 12.1. The first-order chi connectivity index (χ1) is 14.4. The molecule has 0 aliphatic rings. The Bertz CT molecular complexity index is 1230. The molecule has 3 N–H and O–H groups in total. The van der Waals surface area contributed by atoms with Crippen molar-refractivity contribution in [1.29, 1.82) is 0 Å². The minimum atomic E-state index is -1.07. The minimum Gasteiger partial charge on any atom is -0.368 e. The number of hydrogen-bond donors (Lipinski definition) is 2. The fraction of sp³-hybridized carbons (Fsp3) is 0.0833. The van der Waals surface area contributed by atoms with E-state index in [0.717, 1.165) is 39.2 Å². The Labute approximate surface area is 171 Å². The van der Waals surface area contributed by atoms with Crippen molar-refractivity contribution in [2.24, 2.45) is 5.73 Å². The molecule has 4 nitrogen and oxygen atoms in total. The van der Waals surface area contributed by atoms with E-state index in [1.54, 1.807) is 0 Å². The molecule has 0 saturated heterocycles. The predicted molar refractivity (Wildman–Crippen MR) is 112 cm³/mol. The number of rotatable bonds is 5. The van der Waals surface area contributed by atoms with E-state index in [0.29, 0.717) is 6.07 Å². The fourth-order valence-corrected chi connectivity index (χ4v) is 3.66. The van der Waals surface area contributed by atoms with Crippen molar-refractivity contribution in [3.8, 4) is 0 Å². The summed E-state index contributed by atoms with van der Waals surface area (Å²) in [5.74, 6) is -3.38. The average Bonchev–Trinajstić information content (AvgIpc) is 2.72. The molecule has 0 aliphatic carbocycles.